The van der Waals surface area contributed by atoms with E-state index < -0.39 is 22.0 Å². The first-order valence-electron chi connectivity index (χ1n) is 10.3. The highest BCUT2D eigenvalue weighted by Gasteiger charge is 2.38. The average Bonchev–Trinajstić information content (AvgIpc) is 2.82. The van der Waals surface area contributed by atoms with Gasteiger partial charge in [-0.05, 0) is 62.6 Å². The molecular weight excluding hydrogens is 432 g/mol. The molecule has 0 saturated carbocycles. The lowest BCUT2D eigenvalue weighted by atomic mass is 10.1. The Kier molecular flexibility index (Phi) is 7.62. The summed E-state index contributed by atoms with van der Waals surface area (Å²) < 4.78 is 38.2. The fraction of sp³-hybridized carbons (Fsp3) is 0.348. The van der Waals surface area contributed by atoms with Crippen molar-refractivity contribution >= 4 is 21.8 Å². The molecule has 32 heavy (non-hydrogen) atoms. The summed E-state index contributed by atoms with van der Waals surface area (Å²) in [6.07, 6.45) is 1.74. The number of rotatable bonds is 8. The highest BCUT2D eigenvalue weighted by Crippen LogP contribution is 2.26. The minimum Gasteiger partial charge on any atom is -0.490 e. The van der Waals surface area contributed by atoms with Crippen molar-refractivity contribution in [2.24, 2.45) is 0 Å². The number of benzene rings is 2. The number of piperidine rings is 1. The van der Waals surface area contributed by atoms with Crippen LogP contribution in [-0.2, 0) is 19.6 Å². The Morgan fingerprint density at radius 1 is 1.06 bits per heavy atom. The van der Waals surface area contributed by atoms with E-state index >= 15 is 0 Å². The number of ketones is 1. The van der Waals surface area contributed by atoms with Gasteiger partial charge in [0.25, 0.3) is 0 Å². The van der Waals surface area contributed by atoms with E-state index in [0.29, 0.717) is 29.7 Å². The van der Waals surface area contributed by atoms with Gasteiger partial charge in [-0.25, -0.2) is 8.42 Å². The maximum atomic E-state index is 13.1. The van der Waals surface area contributed by atoms with Crippen LogP contribution >= 0.6 is 0 Å². The van der Waals surface area contributed by atoms with Gasteiger partial charge >= 0.3 is 5.97 Å². The molecule has 0 N–H and O–H groups in total. The first-order valence-corrected chi connectivity index (χ1v) is 11.7. The molecule has 2 aromatic rings. The first kappa shape index (κ1) is 23.4. The summed E-state index contributed by atoms with van der Waals surface area (Å²) in [6, 6.07) is 13.3. The van der Waals surface area contributed by atoms with Crippen molar-refractivity contribution in [1.82, 2.24) is 4.31 Å². The quantitative estimate of drug-likeness (QED) is 0.341. The third-order valence-corrected chi connectivity index (χ3v) is 7.10. The van der Waals surface area contributed by atoms with Crippen LogP contribution in [0.25, 0.3) is 0 Å². The molecule has 1 fully saturated rings. The Morgan fingerprint density at radius 2 is 1.75 bits per heavy atom. The van der Waals surface area contributed by atoms with Crippen LogP contribution < -0.4 is 4.74 Å². The molecule has 1 aliphatic rings. The molecule has 1 atom stereocenters. The second-order valence-electron chi connectivity index (χ2n) is 7.36. The van der Waals surface area contributed by atoms with E-state index in [0.717, 1.165) is 6.42 Å². The van der Waals surface area contributed by atoms with Crippen molar-refractivity contribution < 1.29 is 27.5 Å². The second-order valence-corrected chi connectivity index (χ2v) is 9.25. The molecule has 0 bridgehead atoms. The lowest BCUT2D eigenvalue weighted by Crippen LogP contribution is -2.48. The van der Waals surface area contributed by atoms with Gasteiger partial charge in [-0.3, -0.25) is 9.59 Å². The van der Waals surface area contributed by atoms with Gasteiger partial charge < -0.3 is 9.47 Å². The minimum atomic E-state index is -3.92. The standard InChI is InChI=1S/C23H24N2O6S/c1-17(26)19-7-11-21(12-8-19)32(28,29)25-13-3-2-4-22(25)23(27)31-15-14-30-20-9-5-18(16-24)6-10-20/h5-12,22H,2-4,13-15H2,1H3/t22-/m1/s1. The summed E-state index contributed by atoms with van der Waals surface area (Å²) in [7, 11) is -3.92. The van der Waals surface area contributed by atoms with Gasteiger partial charge in [0.2, 0.25) is 10.0 Å². The molecule has 8 nitrogen and oxygen atoms in total. The van der Waals surface area contributed by atoms with E-state index in [1.807, 2.05) is 6.07 Å². The smallest absolute Gasteiger partial charge is 0.324 e. The zero-order valence-electron chi connectivity index (χ0n) is 17.7. The topological polar surface area (TPSA) is 114 Å². The molecule has 0 unspecified atom stereocenters. The zero-order chi connectivity index (χ0) is 23.1. The van der Waals surface area contributed by atoms with Crippen molar-refractivity contribution in [2.75, 3.05) is 19.8 Å². The van der Waals surface area contributed by atoms with Gasteiger partial charge in [-0.2, -0.15) is 9.57 Å². The molecule has 168 valence electrons. The predicted molar refractivity (Wildman–Crippen MR) is 116 cm³/mol. The number of hydrogen-bond acceptors (Lipinski definition) is 7. The Bertz CT molecular complexity index is 1100. The van der Waals surface area contributed by atoms with E-state index in [-0.39, 0.29) is 30.4 Å². The lowest BCUT2D eigenvalue weighted by molar-refractivity contribution is -0.149. The summed E-state index contributed by atoms with van der Waals surface area (Å²) in [5.74, 6) is -0.232. The van der Waals surface area contributed by atoms with Crippen molar-refractivity contribution in [3.63, 3.8) is 0 Å². The molecule has 1 heterocycles. The van der Waals surface area contributed by atoms with Gasteiger partial charge in [0.05, 0.1) is 16.5 Å². The molecule has 0 spiro atoms. The molecular formula is C23H24N2O6S. The number of hydrogen-bond donors (Lipinski definition) is 0. The molecule has 3 rings (SSSR count). The number of nitriles is 1. The number of ether oxygens (including phenoxy) is 2. The van der Waals surface area contributed by atoms with Crippen molar-refractivity contribution in [2.45, 2.75) is 37.1 Å². The van der Waals surface area contributed by atoms with Gasteiger partial charge in [-0.15, -0.1) is 0 Å². The van der Waals surface area contributed by atoms with Crippen LogP contribution in [-0.4, -0.2) is 50.3 Å². The van der Waals surface area contributed by atoms with Crippen LogP contribution in [0.4, 0.5) is 0 Å². The van der Waals surface area contributed by atoms with Crippen LogP contribution in [0, 0.1) is 11.3 Å². The summed E-state index contributed by atoms with van der Waals surface area (Å²) in [4.78, 5) is 24.1. The Morgan fingerprint density at radius 3 is 2.38 bits per heavy atom. The largest absolute Gasteiger partial charge is 0.490 e. The number of nitrogens with zero attached hydrogens (tertiary/aromatic N) is 2. The highest BCUT2D eigenvalue weighted by molar-refractivity contribution is 7.89. The Labute approximate surface area is 187 Å². The van der Waals surface area contributed by atoms with E-state index in [9.17, 15) is 18.0 Å². The summed E-state index contributed by atoms with van der Waals surface area (Å²) >= 11 is 0. The van der Waals surface area contributed by atoms with Gasteiger partial charge in [-0.1, -0.05) is 12.1 Å². The van der Waals surface area contributed by atoms with Crippen LogP contribution in [0.1, 0.15) is 42.1 Å². The van der Waals surface area contributed by atoms with E-state index in [2.05, 4.69) is 0 Å². The van der Waals surface area contributed by atoms with Crippen LogP contribution in [0.3, 0.4) is 0 Å². The lowest BCUT2D eigenvalue weighted by Gasteiger charge is -2.33. The van der Waals surface area contributed by atoms with Crippen LogP contribution in [0.2, 0.25) is 0 Å². The maximum absolute atomic E-state index is 13.1. The fourth-order valence-electron chi connectivity index (χ4n) is 3.45. The Balaban J connectivity index is 1.61. The summed E-state index contributed by atoms with van der Waals surface area (Å²) in [5, 5.41) is 8.80. The third kappa shape index (κ3) is 5.52. The number of Topliss-reactive ketones (excluding diaryl/α,β-unsaturated/α-hetero) is 1. The average molecular weight is 457 g/mol. The highest BCUT2D eigenvalue weighted by atomic mass is 32.2. The van der Waals surface area contributed by atoms with Gasteiger partial charge in [0.1, 0.15) is 25.0 Å². The van der Waals surface area contributed by atoms with E-state index in [1.165, 1.54) is 35.5 Å². The number of sulfonamides is 1. The van der Waals surface area contributed by atoms with Crippen molar-refractivity contribution in [3.05, 3.63) is 59.7 Å². The minimum absolute atomic E-state index is 0.0312. The third-order valence-electron chi connectivity index (χ3n) is 5.17. The van der Waals surface area contributed by atoms with Crippen molar-refractivity contribution in [3.8, 4) is 11.8 Å². The van der Waals surface area contributed by atoms with Gasteiger partial charge in [0, 0.05) is 12.1 Å². The summed E-state index contributed by atoms with van der Waals surface area (Å²) in [5.41, 5.74) is 0.930. The van der Waals surface area contributed by atoms with E-state index in [4.69, 9.17) is 14.7 Å². The zero-order valence-corrected chi connectivity index (χ0v) is 18.5. The molecule has 0 amide bonds. The molecule has 9 heteroatoms. The molecule has 0 aliphatic carbocycles. The summed E-state index contributed by atoms with van der Waals surface area (Å²) in [6.45, 7) is 1.70. The van der Waals surface area contributed by atoms with Crippen LogP contribution in [0.15, 0.2) is 53.4 Å². The first-order chi connectivity index (χ1) is 15.3. The molecule has 1 aliphatic heterocycles. The molecule has 0 aromatic heterocycles. The Hall–Kier alpha value is -3.22. The SMILES string of the molecule is CC(=O)c1ccc(S(=O)(=O)N2CCCC[C@@H]2C(=O)OCCOc2ccc(C#N)cc2)cc1. The molecule has 2 aromatic carbocycles. The number of carbonyl (C=O) groups is 2. The second kappa shape index (κ2) is 10.4. The maximum Gasteiger partial charge on any atom is 0.324 e. The monoisotopic (exact) mass is 456 g/mol. The normalized spacial score (nSPS) is 16.7. The molecule has 1 saturated heterocycles. The van der Waals surface area contributed by atoms with E-state index in [1.54, 1.807) is 24.3 Å². The van der Waals surface area contributed by atoms with Gasteiger partial charge in [0.15, 0.2) is 5.78 Å². The molecule has 0 radical (unpaired) electrons. The number of carbonyl (C=O) groups excluding carboxylic acids is 2. The van der Waals surface area contributed by atoms with Crippen molar-refractivity contribution in [1.29, 1.82) is 5.26 Å². The predicted octanol–water partition coefficient (Wildman–Crippen LogP) is 2.93. The number of esters is 1. The fourth-order valence-corrected chi connectivity index (χ4v) is 5.10. The van der Waals surface area contributed by atoms with Crippen LogP contribution in [0.5, 0.6) is 5.75 Å².